The topological polar surface area (TPSA) is 55.4 Å². The minimum Gasteiger partial charge on any atom is -0.466 e. The molecule has 0 saturated carbocycles. The van der Waals surface area contributed by atoms with Crippen molar-refractivity contribution in [3.05, 3.63) is 41.0 Å². The molecule has 1 amide bonds. The Morgan fingerprint density at radius 3 is 2.65 bits per heavy atom. The highest BCUT2D eigenvalue weighted by Crippen LogP contribution is 2.32. The lowest BCUT2D eigenvalue weighted by atomic mass is 10.0. The number of nitrogens with one attached hydrogen (secondary N) is 1. The number of carbonyl (C=O) groups is 2. The molecule has 7 heteroatoms. The van der Waals surface area contributed by atoms with E-state index >= 15 is 0 Å². The zero-order chi connectivity index (χ0) is 14.9. The van der Waals surface area contributed by atoms with Crippen molar-refractivity contribution in [2.45, 2.75) is 12.6 Å². The van der Waals surface area contributed by atoms with E-state index in [-0.39, 0.29) is 23.3 Å². The summed E-state index contributed by atoms with van der Waals surface area (Å²) < 4.78 is 42.5. The fraction of sp³-hybridized carbons (Fsp3) is 0.231. The number of halogens is 3. The van der Waals surface area contributed by atoms with Crippen LogP contribution in [0.4, 0.5) is 13.2 Å². The smallest absolute Gasteiger partial charge is 0.416 e. The second-order valence-electron chi connectivity index (χ2n) is 4.15. The van der Waals surface area contributed by atoms with Crippen LogP contribution in [0.2, 0.25) is 0 Å². The molecule has 20 heavy (non-hydrogen) atoms. The van der Waals surface area contributed by atoms with Gasteiger partial charge in [0.1, 0.15) is 0 Å². The van der Waals surface area contributed by atoms with Crippen LogP contribution >= 0.6 is 0 Å². The first-order valence-corrected chi connectivity index (χ1v) is 5.62. The van der Waals surface area contributed by atoms with Crippen LogP contribution in [0, 0.1) is 0 Å². The Bertz CT molecular complexity index is 605. The molecule has 106 valence electrons. The van der Waals surface area contributed by atoms with E-state index in [0.29, 0.717) is 0 Å². The van der Waals surface area contributed by atoms with Crippen LogP contribution in [0.1, 0.15) is 17.5 Å². The summed E-state index contributed by atoms with van der Waals surface area (Å²) in [6.45, 7) is 0. The molecule has 0 aliphatic carbocycles. The molecular weight excluding hydrogens is 275 g/mol. The lowest BCUT2D eigenvalue weighted by molar-refractivity contribution is -0.137. The molecule has 0 saturated heterocycles. The van der Waals surface area contributed by atoms with E-state index < -0.39 is 23.6 Å². The quantitative estimate of drug-likeness (QED) is 0.847. The minimum absolute atomic E-state index is 0.0248. The van der Waals surface area contributed by atoms with Gasteiger partial charge in [0.2, 0.25) is 5.91 Å². The molecule has 1 aliphatic rings. The maximum atomic E-state index is 12.7. The maximum Gasteiger partial charge on any atom is 0.416 e. The third-order valence-corrected chi connectivity index (χ3v) is 2.81. The number of benzene rings is 1. The number of methoxy groups -OCH3 is 1. The summed E-state index contributed by atoms with van der Waals surface area (Å²) in [7, 11) is 1.14. The van der Waals surface area contributed by atoms with E-state index in [1.165, 1.54) is 12.1 Å². The average molecular weight is 285 g/mol. The highest BCUT2D eigenvalue weighted by Gasteiger charge is 2.32. The van der Waals surface area contributed by atoms with Gasteiger partial charge >= 0.3 is 12.1 Å². The summed E-state index contributed by atoms with van der Waals surface area (Å²) in [4.78, 5) is 22.9. The lowest BCUT2D eigenvalue weighted by Crippen LogP contribution is -2.14. The molecule has 0 spiro atoms. The minimum atomic E-state index is -4.50. The van der Waals surface area contributed by atoms with Gasteiger partial charge in [-0.15, -0.1) is 0 Å². The zero-order valence-electron chi connectivity index (χ0n) is 10.4. The van der Waals surface area contributed by atoms with Gasteiger partial charge in [-0.05, 0) is 17.7 Å². The van der Waals surface area contributed by atoms with Crippen molar-refractivity contribution in [2.24, 2.45) is 0 Å². The van der Waals surface area contributed by atoms with E-state index in [2.05, 4.69) is 10.1 Å². The molecule has 1 aromatic rings. The van der Waals surface area contributed by atoms with Crippen molar-refractivity contribution in [1.82, 2.24) is 5.32 Å². The first-order chi connectivity index (χ1) is 9.32. The van der Waals surface area contributed by atoms with Crippen molar-refractivity contribution in [3.63, 3.8) is 0 Å². The Kier molecular flexibility index (Phi) is 3.52. The van der Waals surface area contributed by atoms with Gasteiger partial charge in [0.15, 0.2) is 0 Å². The van der Waals surface area contributed by atoms with Gasteiger partial charge in [-0.2, -0.15) is 13.2 Å². The van der Waals surface area contributed by atoms with Crippen molar-refractivity contribution in [2.75, 3.05) is 7.11 Å². The molecule has 0 radical (unpaired) electrons. The van der Waals surface area contributed by atoms with Gasteiger partial charge in [-0.25, -0.2) is 4.79 Å². The molecule has 1 N–H and O–H groups in total. The SMILES string of the molecule is COC(=O)C1=C(c2cccc(C(F)(F)F)c2)NC(=O)C1. The summed E-state index contributed by atoms with van der Waals surface area (Å²) in [5, 5.41) is 2.39. The number of esters is 1. The van der Waals surface area contributed by atoms with Crippen LogP contribution in [0.15, 0.2) is 29.8 Å². The Morgan fingerprint density at radius 2 is 2.05 bits per heavy atom. The Labute approximate surface area is 112 Å². The largest absolute Gasteiger partial charge is 0.466 e. The first-order valence-electron chi connectivity index (χ1n) is 5.62. The molecule has 0 bridgehead atoms. The molecule has 0 unspecified atom stereocenters. The normalized spacial score (nSPS) is 15.3. The number of carbonyl (C=O) groups excluding carboxylic acids is 2. The molecule has 1 aromatic carbocycles. The van der Waals surface area contributed by atoms with Crippen molar-refractivity contribution >= 4 is 17.6 Å². The van der Waals surface area contributed by atoms with Gasteiger partial charge in [0.05, 0.1) is 30.4 Å². The predicted octanol–water partition coefficient (Wildman–Crippen LogP) is 2.11. The summed E-state index contributed by atoms with van der Waals surface area (Å²) in [5.74, 6) is -1.20. The van der Waals surface area contributed by atoms with E-state index in [1.807, 2.05) is 0 Å². The second kappa shape index (κ2) is 4.99. The van der Waals surface area contributed by atoms with Crippen molar-refractivity contribution in [1.29, 1.82) is 0 Å². The third-order valence-electron chi connectivity index (χ3n) is 2.81. The molecular formula is C13H10F3NO3. The molecule has 4 nitrogen and oxygen atoms in total. The molecule has 0 fully saturated rings. The maximum absolute atomic E-state index is 12.7. The Balaban J connectivity index is 2.49. The molecule has 1 aliphatic heterocycles. The van der Waals surface area contributed by atoms with E-state index in [9.17, 15) is 22.8 Å². The third kappa shape index (κ3) is 2.66. The van der Waals surface area contributed by atoms with Gasteiger partial charge < -0.3 is 10.1 Å². The monoisotopic (exact) mass is 285 g/mol. The number of alkyl halides is 3. The average Bonchev–Trinajstić information content (AvgIpc) is 2.79. The fourth-order valence-electron chi connectivity index (χ4n) is 1.90. The van der Waals surface area contributed by atoms with Crippen molar-refractivity contribution < 1.29 is 27.5 Å². The van der Waals surface area contributed by atoms with E-state index in [1.54, 1.807) is 0 Å². The van der Waals surface area contributed by atoms with Crippen LogP contribution in [0.25, 0.3) is 5.70 Å². The predicted molar refractivity (Wildman–Crippen MR) is 63.1 cm³/mol. The first kappa shape index (κ1) is 14.1. The molecule has 0 atom stereocenters. The Hall–Kier alpha value is -2.31. The summed E-state index contributed by atoms with van der Waals surface area (Å²) in [5.41, 5.74) is -0.649. The second-order valence-corrected chi connectivity index (χ2v) is 4.15. The molecule has 2 rings (SSSR count). The molecule has 1 heterocycles. The van der Waals surface area contributed by atoms with Crippen LogP contribution < -0.4 is 5.32 Å². The van der Waals surface area contributed by atoms with Gasteiger partial charge in [-0.1, -0.05) is 12.1 Å². The highest BCUT2D eigenvalue weighted by atomic mass is 19.4. The van der Waals surface area contributed by atoms with Crippen molar-refractivity contribution in [3.8, 4) is 0 Å². The zero-order valence-corrected chi connectivity index (χ0v) is 10.4. The van der Waals surface area contributed by atoms with Crippen LogP contribution in [0.5, 0.6) is 0 Å². The summed E-state index contributed by atoms with van der Waals surface area (Å²) in [6, 6.07) is 4.40. The standard InChI is InChI=1S/C13H10F3NO3/c1-20-12(19)9-6-10(18)17-11(9)7-3-2-4-8(5-7)13(14,15)16/h2-5H,6H2,1H3,(H,17,18). The number of ether oxygens (including phenoxy) is 1. The summed E-state index contributed by atoms with van der Waals surface area (Å²) >= 11 is 0. The number of rotatable bonds is 2. The number of amides is 1. The lowest BCUT2D eigenvalue weighted by Gasteiger charge is -2.10. The Morgan fingerprint density at radius 1 is 1.35 bits per heavy atom. The highest BCUT2D eigenvalue weighted by molar-refractivity contribution is 6.09. The van der Waals surface area contributed by atoms with Gasteiger partial charge in [0, 0.05) is 0 Å². The van der Waals surface area contributed by atoms with Gasteiger partial charge in [0.25, 0.3) is 0 Å². The number of hydrogen-bond donors (Lipinski definition) is 1. The van der Waals surface area contributed by atoms with Crippen LogP contribution in [-0.4, -0.2) is 19.0 Å². The van der Waals surface area contributed by atoms with Crippen LogP contribution in [-0.2, 0) is 20.5 Å². The summed E-state index contributed by atoms with van der Waals surface area (Å²) in [6.07, 6.45) is -4.71. The van der Waals surface area contributed by atoms with E-state index in [0.717, 1.165) is 19.2 Å². The van der Waals surface area contributed by atoms with Crippen LogP contribution in [0.3, 0.4) is 0 Å². The number of hydrogen-bond acceptors (Lipinski definition) is 3. The molecule has 0 aromatic heterocycles. The van der Waals surface area contributed by atoms with Gasteiger partial charge in [-0.3, -0.25) is 4.79 Å². The van der Waals surface area contributed by atoms with E-state index in [4.69, 9.17) is 0 Å². The fourth-order valence-corrected chi connectivity index (χ4v) is 1.90.